The number of aromatic amines is 1. The number of imidazole rings is 1. The number of H-pyrrole nitrogens is 1. The van der Waals surface area contributed by atoms with Crippen LogP contribution in [0.2, 0.25) is 0 Å². The highest BCUT2D eigenvalue weighted by atomic mass is 19.1. The molecule has 0 bridgehead atoms. The largest absolute Gasteiger partial charge is 0.360 e. The summed E-state index contributed by atoms with van der Waals surface area (Å²) in [6.45, 7) is 2.52. The highest BCUT2D eigenvalue weighted by Gasteiger charge is 2.22. The lowest BCUT2D eigenvalue weighted by atomic mass is 10.0. The van der Waals surface area contributed by atoms with Gasteiger partial charge in [-0.15, -0.1) is 0 Å². The van der Waals surface area contributed by atoms with Crippen molar-refractivity contribution in [3.8, 4) is 33.9 Å². The van der Waals surface area contributed by atoms with Crippen molar-refractivity contribution in [2.75, 3.05) is 6.54 Å². The van der Waals surface area contributed by atoms with Crippen LogP contribution in [0.3, 0.4) is 0 Å². The molecule has 156 valence electrons. The van der Waals surface area contributed by atoms with Gasteiger partial charge < -0.3 is 14.8 Å². The highest BCUT2D eigenvalue weighted by molar-refractivity contribution is 5.95. The van der Waals surface area contributed by atoms with E-state index in [4.69, 9.17) is 9.51 Å². The van der Waals surface area contributed by atoms with Gasteiger partial charge in [0, 0.05) is 29.4 Å². The van der Waals surface area contributed by atoms with Crippen molar-refractivity contribution in [1.29, 1.82) is 0 Å². The molecule has 2 heterocycles. The van der Waals surface area contributed by atoms with Crippen LogP contribution in [-0.2, 0) is 0 Å². The van der Waals surface area contributed by atoms with E-state index in [0.717, 1.165) is 12.1 Å². The number of aryl methyl sites for hydroxylation is 1. The Morgan fingerprint density at radius 1 is 1.19 bits per heavy atom. The van der Waals surface area contributed by atoms with Gasteiger partial charge in [0.15, 0.2) is 0 Å². The van der Waals surface area contributed by atoms with E-state index < -0.39 is 0 Å². The molecule has 2 aromatic heterocycles. The molecule has 6 nitrogen and oxygen atoms in total. The van der Waals surface area contributed by atoms with Gasteiger partial charge in [-0.1, -0.05) is 29.4 Å². The van der Waals surface area contributed by atoms with Crippen molar-refractivity contribution in [1.82, 2.24) is 20.4 Å². The van der Waals surface area contributed by atoms with Crippen LogP contribution in [-0.4, -0.2) is 27.6 Å². The monoisotopic (exact) mass is 416 g/mol. The second kappa shape index (κ2) is 7.83. The molecule has 0 unspecified atom stereocenters. The fraction of sp³-hybridized carbons (Fsp3) is 0.208. The third kappa shape index (κ3) is 3.99. The molecule has 0 radical (unpaired) electrons. The van der Waals surface area contributed by atoms with E-state index in [-0.39, 0.29) is 11.7 Å². The number of amides is 1. The summed E-state index contributed by atoms with van der Waals surface area (Å²) in [5.41, 5.74) is 3.88. The molecule has 1 amide bonds. The predicted molar refractivity (Wildman–Crippen MR) is 115 cm³/mol. The number of carbonyl (C=O) groups is 1. The normalized spacial score (nSPS) is 13.4. The maximum atomic E-state index is 13.7. The second-order valence-electron chi connectivity index (χ2n) is 7.84. The molecule has 1 aliphatic rings. The Bertz CT molecular complexity index is 1260. The van der Waals surface area contributed by atoms with Crippen LogP contribution in [0.1, 0.15) is 29.0 Å². The first-order chi connectivity index (χ1) is 15.1. The van der Waals surface area contributed by atoms with E-state index in [9.17, 15) is 9.18 Å². The summed E-state index contributed by atoms with van der Waals surface area (Å²) in [5.74, 6) is 1.41. The minimum atomic E-state index is -0.344. The summed E-state index contributed by atoms with van der Waals surface area (Å²) in [7, 11) is 0. The van der Waals surface area contributed by atoms with E-state index in [0.29, 0.717) is 45.6 Å². The zero-order valence-corrected chi connectivity index (χ0v) is 17.0. The highest BCUT2D eigenvalue weighted by Crippen LogP contribution is 2.34. The van der Waals surface area contributed by atoms with E-state index in [1.54, 1.807) is 31.3 Å². The molecule has 31 heavy (non-hydrogen) atoms. The van der Waals surface area contributed by atoms with Crippen molar-refractivity contribution in [3.05, 3.63) is 71.9 Å². The maximum Gasteiger partial charge on any atom is 0.251 e. The zero-order valence-electron chi connectivity index (χ0n) is 17.0. The lowest BCUT2D eigenvalue weighted by Gasteiger charge is -2.05. The second-order valence-corrected chi connectivity index (χ2v) is 7.84. The van der Waals surface area contributed by atoms with Gasteiger partial charge in [0.1, 0.15) is 23.1 Å². The topological polar surface area (TPSA) is 83.8 Å². The molecule has 1 aliphatic carbocycles. The lowest BCUT2D eigenvalue weighted by molar-refractivity contribution is 0.0952. The molecule has 0 atom stereocenters. The number of nitrogens with zero attached hydrogens (tertiary/aromatic N) is 2. The standard InChI is InChI=1S/C24H21FN4O2/c1-14-21(22(29-31-14)16-4-3-7-19(25)11-16)20-13-26-23(28-20)17-5-2-6-18(10-17)24(30)27-12-15-8-9-15/h2-7,10-11,13,15H,8-9,12H2,1H3,(H,26,28)(H,27,30). The molecule has 2 N–H and O–H groups in total. The number of aromatic nitrogens is 3. The van der Waals surface area contributed by atoms with Gasteiger partial charge in [-0.05, 0) is 49.9 Å². The Hall–Kier alpha value is -3.74. The quantitative estimate of drug-likeness (QED) is 0.464. The van der Waals surface area contributed by atoms with Gasteiger partial charge >= 0.3 is 0 Å². The number of rotatable bonds is 6. The van der Waals surface area contributed by atoms with Crippen LogP contribution in [0.15, 0.2) is 59.3 Å². The Morgan fingerprint density at radius 2 is 2.00 bits per heavy atom. The molecule has 4 aromatic rings. The van der Waals surface area contributed by atoms with Gasteiger partial charge in [0.05, 0.1) is 11.3 Å². The molecule has 2 aromatic carbocycles. The van der Waals surface area contributed by atoms with Crippen molar-refractivity contribution in [3.63, 3.8) is 0 Å². The van der Waals surface area contributed by atoms with Crippen molar-refractivity contribution in [2.24, 2.45) is 5.92 Å². The Balaban J connectivity index is 1.44. The summed E-state index contributed by atoms with van der Waals surface area (Å²) in [6, 6.07) is 13.6. The Kier molecular flexibility index (Phi) is 4.86. The van der Waals surface area contributed by atoms with Gasteiger partial charge in [0.25, 0.3) is 5.91 Å². The number of nitrogens with one attached hydrogen (secondary N) is 2. The van der Waals surface area contributed by atoms with Crippen LogP contribution in [0, 0.1) is 18.7 Å². The summed E-state index contributed by atoms with van der Waals surface area (Å²) in [4.78, 5) is 20.3. The van der Waals surface area contributed by atoms with E-state index in [1.807, 2.05) is 18.2 Å². The third-order valence-corrected chi connectivity index (χ3v) is 5.44. The molecular formula is C24H21FN4O2. The summed E-state index contributed by atoms with van der Waals surface area (Å²) >= 11 is 0. The summed E-state index contributed by atoms with van der Waals surface area (Å²) in [5, 5.41) is 7.10. The first kappa shape index (κ1) is 19.2. The number of hydrogen-bond donors (Lipinski definition) is 2. The van der Waals surface area contributed by atoms with Crippen molar-refractivity contribution in [2.45, 2.75) is 19.8 Å². The zero-order chi connectivity index (χ0) is 21.4. The smallest absolute Gasteiger partial charge is 0.251 e. The predicted octanol–water partition coefficient (Wildman–Crippen LogP) is 4.99. The van der Waals surface area contributed by atoms with Crippen LogP contribution in [0.5, 0.6) is 0 Å². The summed E-state index contributed by atoms with van der Waals surface area (Å²) < 4.78 is 19.1. The van der Waals surface area contributed by atoms with E-state index >= 15 is 0 Å². The minimum Gasteiger partial charge on any atom is -0.360 e. The van der Waals surface area contributed by atoms with Crippen molar-refractivity contribution >= 4 is 5.91 Å². The molecule has 0 saturated heterocycles. The van der Waals surface area contributed by atoms with Crippen molar-refractivity contribution < 1.29 is 13.7 Å². The third-order valence-electron chi connectivity index (χ3n) is 5.44. The minimum absolute atomic E-state index is 0.0798. The van der Waals surface area contributed by atoms with E-state index in [1.165, 1.54) is 25.0 Å². The molecule has 1 saturated carbocycles. The van der Waals surface area contributed by atoms with Gasteiger partial charge in [-0.3, -0.25) is 4.79 Å². The van der Waals surface area contributed by atoms with E-state index in [2.05, 4.69) is 15.5 Å². The number of hydrogen-bond acceptors (Lipinski definition) is 4. The fourth-order valence-corrected chi connectivity index (χ4v) is 3.57. The van der Waals surface area contributed by atoms with Crippen LogP contribution < -0.4 is 5.32 Å². The SMILES string of the molecule is Cc1onc(-c2cccc(F)c2)c1-c1c[nH]c(-c2cccc(C(=O)NCC3CC3)c2)n1. The fourth-order valence-electron chi connectivity index (χ4n) is 3.57. The van der Waals surface area contributed by atoms with Crippen LogP contribution in [0.25, 0.3) is 33.9 Å². The lowest BCUT2D eigenvalue weighted by Crippen LogP contribution is -2.25. The first-order valence-corrected chi connectivity index (χ1v) is 10.2. The summed E-state index contributed by atoms with van der Waals surface area (Å²) in [6.07, 6.45) is 4.14. The first-order valence-electron chi connectivity index (χ1n) is 10.2. The molecule has 5 rings (SSSR count). The Labute approximate surface area is 178 Å². The van der Waals surface area contributed by atoms with Crippen LogP contribution in [0.4, 0.5) is 4.39 Å². The maximum absolute atomic E-state index is 13.7. The number of halogens is 1. The molecule has 7 heteroatoms. The van der Waals surface area contributed by atoms with Gasteiger partial charge in [0.2, 0.25) is 0 Å². The number of carbonyl (C=O) groups excluding carboxylic acids is 1. The Morgan fingerprint density at radius 3 is 2.81 bits per heavy atom. The molecular weight excluding hydrogens is 395 g/mol. The van der Waals surface area contributed by atoms with Gasteiger partial charge in [-0.25, -0.2) is 9.37 Å². The molecule has 0 spiro atoms. The number of benzene rings is 2. The van der Waals surface area contributed by atoms with Gasteiger partial charge in [-0.2, -0.15) is 0 Å². The average molecular weight is 416 g/mol. The molecule has 1 fully saturated rings. The average Bonchev–Trinajstić information content (AvgIpc) is 3.34. The molecule has 0 aliphatic heterocycles. The van der Waals surface area contributed by atoms with Crippen LogP contribution >= 0.6 is 0 Å².